The monoisotopic (exact) mass is 513 g/mol. The van der Waals surface area contributed by atoms with Crippen molar-refractivity contribution in [3.05, 3.63) is 95.1 Å². The highest BCUT2D eigenvalue weighted by molar-refractivity contribution is 7.92. The summed E-state index contributed by atoms with van der Waals surface area (Å²) < 4.78 is 25.4. The van der Waals surface area contributed by atoms with Gasteiger partial charge in [-0.05, 0) is 47.4 Å². The Kier molecular flexibility index (Phi) is 9.43. The van der Waals surface area contributed by atoms with Gasteiger partial charge in [0.1, 0.15) is 5.75 Å². The summed E-state index contributed by atoms with van der Waals surface area (Å²) in [5, 5.41) is 35.6. The average molecular weight is 514 g/mol. The zero-order chi connectivity index (χ0) is 26.1. The highest BCUT2D eigenvalue weighted by Crippen LogP contribution is 2.28. The first kappa shape index (κ1) is 27.2. The maximum absolute atomic E-state index is 12.2. The molecule has 0 aliphatic carbocycles. The summed E-state index contributed by atoms with van der Waals surface area (Å²) in [6.45, 7) is 0.191. The van der Waals surface area contributed by atoms with Crippen LogP contribution in [0.3, 0.4) is 0 Å². The predicted octanol–water partition coefficient (Wildman–Crippen LogP) is 2.09. The van der Waals surface area contributed by atoms with E-state index in [1.165, 1.54) is 18.2 Å². The minimum atomic E-state index is -3.60. The van der Waals surface area contributed by atoms with Crippen LogP contribution in [0.2, 0.25) is 0 Å². The number of benzene rings is 3. The Morgan fingerprint density at radius 1 is 0.972 bits per heavy atom. The fourth-order valence-corrected chi connectivity index (χ4v) is 4.27. The molecule has 0 saturated carbocycles. The van der Waals surface area contributed by atoms with E-state index in [0.29, 0.717) is 17.5 Å². The van der Waals surface area contributed by atoms with Gasteiger partial charge in [0.25, 0.3) is 5.91 Å². The van der Waals surface area contributed by atoms with Crippen LogP contribution in [0.4, 0.5) is 5.69 Å². The van der Waals surface area contributed by atoms with Crippen LogP contribution in [-0.4, -0.2) is 55.6 Å². The lowest BCUT2D eigenvalue weighted by atomic mass is 9.97. The number of hydrogen-bond acceptors (Lipinski definition) is 7. The number of aromatic hydroxyl groups is 1. The molecular weight excluding hydrogens is 482 g/mol. The first-order chi connectivity index (χ1) is 17.2. The SMILES string of the molecule is CS(=O)(=O)Nc1cc([C@@H](O)CN[C@H](Cc2ccccc2)c2ccc(C(=O)NCCO)cc2)ccc1O. The molecule has 0 aliphatic heterocycles. The molecule has 36 heavy (non-hydrogen) atoms. The molecule has 10 heteroatoms. The molecule has 0 bridgehead atoms. The molecule has 2 atom stereocenters. The van der Waals surface area contributed by atoms with E-state index in [1.807, 2.05) is 42.5 Å². The first-order valence-corrected chi connectivity index (χ1v) is 13.3. The van der Waals surface area contributed by atoms with Crippen LogP contribution >= 0.6 is 0 Å². The van der Waals surface area contributed by atoms with E-state index in [0.717, 1.165) is 17.4 Å². The summed E-state index contributed by atoms with van der Waals surface area (Å²) in [6, 6.07) is 21.0. The van der Waals surface area contributed by atoms with Crippen molar-refractivity contribution in [1.82, 2.24) is 10.6 Å². The van der Waals surface area contributed by atoms with Crippen LogP contribution in [0.1, 0.15) is 39.2 Å². The quantitative estimate of drug-likeness (QED) is 0.203. The third-order valence-corrected chi connectivity index (χ3v) is 6.10. The molecule has 0 aliphatic rings. The van der Waals surface area contributed by atoms with Crippen LogP contribution < -0.4 is 15.4 Å². The van der Waals surface area contributed by atoms with Crippen LogP contribution in [0, 0.1) is 0 Å². The van der Waals surface area contributed by atoms with Gasteiger partial charge in [-0.25, -0.2) is 8.42 Å². The van der Waals surface area contributed by atoms with E-state index in [1.54, 1.807) is 12.1 Å². The fraction of sp³-hybridized carbons (Fsp3) is 0.269. The van der Waals surface area contributed by atoms with Gasteiger partial charge in [0.2, 0.25) is 10.0 Å². The number of aliphatic hydroxyl groups excluding tert-OH is 2. The number of aliphatic hydroxyl groups is 2. The van der Waals surface area contributed by atoms with Crippen molar-refractivity contribution < 1.29 is 28.5 Å². The van der Waals surface area contributed by atoms with E-state index >= 15 is 0 Å². The van der Waals surface area contributed by atoms with Crippen molar-refractivity contribution in [2.24, 2.45) is 0 Å². The van der Waals surface area contributed by atoms with Gasteiger partial charge in [-0.15, -0.1) is 0 Å². The van der Waals surface area contributed by atoms with Crippen molar-refractivity contribution >= 4 is 21.6 Å². The van der Waals surface area contributed by atoms with Crippen LogP contribution in [0.15, 0.2) is 72.8 Å². The second-order valence-corrected chi connectivity index (χ2v) is 10.2. The van der Waals surface area contributed by atoms with Gasteiger partial charge >= 0.3 is 0 Å². The van der Waals surface area contributed by atoms with Gasteiger partial charge in [0, 0.05) is 24.7 Å². The van der Waals surface area contributed by atoms with Crippen molar-refractivity contribution in [2.45, 2.75) is 18.6 Å². The fourth-order valence-electron chi connectivity index (χ4n) is 3.71. The van der Waals surface area contributed by atoms with E-state index in [-0.39, 0.29) is 43.1 Å². The zero-order valence-corrected chi connectivity index (χ0v) is 20.7. The molecule has 192 valence electrons. The number of anilines is 1. The van der Waals surface area contributed by atoms with E-state index < -0.39 is 16.1 Å². The van der Waals surface area contributed by atoms with E-state index in [2.05, 4.69) is 15.4 Å². The number of phenolic OH excluding ortho intramolecular Hbond substituents is 1. The van der Waals surface area contributed by atoms with Crippen LogP contribution in [0.25, 0.3) is 0 Å². The number of hydrogen-bond donors (Lipinski definition) is 6. The predicted molar refractivity (Wildman–Crippen MR) is 138 cm³/mol. The van der Waals surface area contributed by atoms with Crippen molar-refractivity contribution in [1.29, 1.82) is 0 Å². The topological polar surface area (TPSA) is 148 Å². The molecule has 0 radical (unpaired) electrons. The third-order valence-electron chi connectivity index (χ3n) is 5.51. The largest absolute Gasteiger partial charge is 0.506 e. The van der Waals surface area contributed by atoms with Gasteiger partial charge in [-0.2, -0.15) is 0 Å². The average Bonchev–Trinajstić information content (AvgIpc) is 2.86. The molecule has 0 spiro atoms. The van der Waals surface area contributed by atoms with Crippen LogP contribution in [0.5, 0.6) is 5.75 Å². The molecule has 6 N–H and O–H groups in total. The Morgan fingerprint density at radius 3 is 2.28 bits per heavy atom. The molecule has 0 heterocycles. The molecule has 9 nitrogen and oxygen atoms in total. The zero-order valence-electron chi connectivity index (χ0n) is 19.9. The maximum Gasteiger partial charge on any atom is 0.251 e. The Morgan fingerprint density at radius 2 is 1.64 bits per heavy atom. The van der Waals surface area contributed by atoms with Crippen molar-refractivity contribution in [2.75, 3.05) is 30.7 Å². The first-order valence-electron chi connectivity index (χ1n) is 11.4. The number of phenols is 1. The highest BCUT2D eigenvalue weighted by atomic mass is 32.2. The van der Waals surface area contributed by atoms with Gasteiger partial charge in [-0.1, -0.05) is 48.5 Å². The molecule has 0 aromatic heterocycles. The summed E-state index contributed by atoms with van der Waals surface area (Å²) in [4.78, 5) is 12.2. The Balaban J connectivity index is 1.77. The van der Waals surface area contributed by atoms with Crippen LogP contribution in [-0.2, 0) is 16.4 Å². The summed E-state index contributed by atoms with van der Waals surface area (Å²) in [7, 11) is -3.60. The molecule has 3 rings (SSSR count). The molecule has 0 saturated heterocycles. The number of rotatable bonds is 12. The lowest BCUT2D eigenvalue weighted by Gasteiger charge is -2.22. The van der Waals surface area contributed by atoms with E-state index in [4.69, 9.17) is 5.11 Å². The van der Waals surface area contributed by atoms with Crippen molar-refractivity contribution in [3.63, 3.8) is 0 Å². The Hall–Kier alpha value is -3.44. The van der Waals surface area contributed by atoms with Gasteiger partial charge in [0.05, 0.1) is 24.7 Å². The summed E-state index contributed by atoms with van der Waals surface area (Å²) >= 11 is 0. The molecule has 3 aromatic carbocycles. The standard InChI is InChI=1S/C26H31N3O6S/c1-36(34,35)29-23-16-21(11-12-24(23)31)25(32)17-28-22(15-18-5-3-2-4-6-18)19-7-9-20(10-8-19)26(33)27-13-14-30/h2-12,16,22,25,28-32H,13-15,17H2,1H3,(H,27,33)/t22-,25+/m1/s1. The lowest BCUT2D eigenvalue weighted by Crippen LogP contribution is -2.28. The summed E-state index contributed by atoms with van der Waals surface area (Å²) in [5.41, 5.74) is 2.89. The molecule has 0 fully saturated rings. The highest BCUT2D eigenvalue weighted by Gasteiger charge is 2.18. The smallest absolute Gasteiger partial charge is 0.251 e. The van der Waals surface area contributed by atoms with Gasteiger partial charge < -0.3 is 26.0 Å². The maximum atomic E-state index is 12.2. The van der Waals surface area contributed by atoms with Gasteiger partial charge in [0.15, 0.2) is 0 Å². The summed E-state index contributed by atoms with van der Waals surface area (Å²) in [5.74, 6) is -0.515. The Labute approximate surface area is 210 Å². The Bertz CT molecular complexity index is 1250. The number of carbonyl (C=O) groups excluding carboxylic acids is 1. The lowest BCUT2D eigenvalue weighted by molar-refractivity contribution is 0.0944. The molecular formula is C26H31N3O6S. The normalized spacial score (nSPS) is 13.1. The molecule has 0 unspecified atom stereocenters. The van der Waals surface area contributed by atoms with Gasteiger partial charge in [-0.3, -0.25) is 9.52 Å². The molecule has 1 amide bonds. The van der Waals surface area contributed by atoms with E-state index in [9.17, 15) is 23.4 Å². The number of sulfonamides is 1. The molecule has 3 aromatic rings. The van der Waals surface area contributed by atoms with Crippen molar-refractivity contribution in [3.8, 4) is 5.75 Å². The third kappa shape index (κ3) is 8.06. The second-order valence-electron chi connectivity index (χ2n) is 8.42. The number of carbonyl (C=O) groups is 1. The number of amides is 1. The number of nitrogens with one attached hydrogen (secondary N) is 3. The minimum absolute atomic E-state index is 0.00931. The minimum Gasteiger partial charge on any atom is -0.506 e. The summed E-state index contributed by atoms with van der Waals surface area (Å²) in [6.07, 6.45) is 0.625. The second kappa shape index (κ2) is 12.5.